The number of aromatic nitrogens is 5. The molecule has 216 valence electrons. The Kier molecular flexibility index (Phi) is 10.0. The lowest BCUT2D eigenvalue weighted by Crippen LogP contribution is -2.71. The van der Waals surface area contributed by atoms with Crippen molar-refractivity contribution in [2.45, 2.75) is 75.7 Å². The number of carboxylic acid groups (broad SMARTS) is 1. The predicted molar refractivity (Wildman–Crippen MR) is 152 cm³/mol. The Hall–Kier alpha value is -3.18. The van der Waals surface area contributed by atoms with Gasteiger partial charge < -0.3 is 21.0 Å². The zero-order valence-corrected chi connectivity index (χ0v) is 24.7. The normalized spacial score (nSPS) is 19.1. The van der Waals surface area contributed by atoms with E-state index in [9.17, 15) is 19.5 Å². The van der Waals surface area contributed by atoms with Gasteiger partial charge in [0.1, 0.15) is 28.9 Å². The van der Waals surface area contributed by atoms with Gasteiger partial charge in [0.2, 0.25) is 5.16 Å². The predicted octanol–water partition coefficient (Wildman–Crippen LogP) is 1.95. The summed E-state index contributed by atoms with van der Waals surface area (Å²) in [4.78, 5) is 49.1. The maximum Gasteiger partial charge on any atom is 0.352 e. The Balaban J connectivity index is 1.44. The van der Waals surface area contributed by atoms with Crippen LogP contribution in [0.15, 0.2) is 27.0 Å². The zero-order chi connectivity index (χ0) is 28.8. The number of hydrogen-bond donors (Lipinski definition) is 3. The number of oxime groups is 1. The number of anilines is 1. The van der Waals surface area contributed by atoms with E-state index in [1.165, 1.54) is 28.4 Å². The summed E-state index contributed by atoms with van der Waals surface area (Å²) in [5.74, 6) is -1.71. The second kappa shape index (κ2) is 13.5. The molecule has 2 atom stereocenters. The average Bonchev–Trinajstić information content (AvgIpc) is 3.56. The molecule has 2 aliphatic heterocycles. The number of nitrogens with two attached hydrogens (primary N) is 1. The maximum atomic E-state index is 13.1. The van der Waals surface area contributed by atoms with Crippen LogP contribution in [0.4, 0.5) is 5.13 Å². The molecule has 2 aromatic rings. The van der Waals surface area contributed by atoms with Crippen LogP contribution in [0.1, 0.15) is 52.1 Å². The van der Waals surface area contributed by atoms with Crippen molar-refractivity contribution in [3.63, 3.8) is 0 Å². The number of β-lactam (4-membered cyclic amide) rings is 1. The fraction of sp³-hybridized carbons (Fsp3) is 0.565. The summed E-state index contributed by atoms with van der Waals surface area (Å²) in [6, 6.07) is -0.934. The molecule has 4 rings (SSSR count). The van der Waals surface area contributed by atoms with Crippen LogP contribution in [-0.4, -0.2) is 87.7 Å². The van der Waals surface area contributed by atoms with Gasteiger partial charge in [-0.1, -0.05) is 43.1 Å². The number of fused-ring (bicyclic) bond motifs is 1. The number of nitrogen functional groups attached to an aromatic ring is 1. The third-order valence-corrected chi connectivity index (χ3v) is 9.03. The Labute approximate surface area is 243 Å². The minimum atomic E-state index is -1.20. The minimum Gasteiger partial charge on any atom is -0.477 e. The van der Waals surface area contributed by atoms with Gasteiger partial charge in [0.25, 0.3) is 11.8 Å². The lowest BCUT2D eigenvalue weighted by Gasteiger charge is -2.49. The van der Waals surface area contributed by atoms with E-state index in [1.807, 2.05) is 0 Å². The van der Waals surface area contributed by atoms with Crippen molar-refractivity contribution in [1.82, 2.24) is 35.4 Å². The highest BCUT2D eigenvalue weighted by atomic mass is 32.2. The lowest BCUT2D eigenvalue weighted by atomic mass is 10.0. The number of rotatable bonds is 14. The molecule has 1 unspecified atom stereocenters. The van der Waals surface area contributed by atoms with Gasteiger partial charge in [-0.2, -0.15) is 0 Å². The summed E-state index contributed by atoms with van der Waals surface area (Å²) in [7, 11) is 0. The topological polar surface area (TPSA) is 191 Å². The number of tetrazole rings is 1. The summed E-state index contributed by atoms with van der Waals surface area (Å²) in [5.41, 5.74) is 6.33. The van der Waals surface area contributed by atoms with Crippen LogP contribution < -0.4 is 11.1 Å². The smallest absolute Gasteiger partial charge is 0.352 e. The van der Waals surface area contributed by atoms with Crippen LogP contribution in [0.5, 0.6) is 0 Å². The summed E-state index contributed by atoms with van der Waals surface area (Å²) < 4.78 is 1.72. The number of nitrogens with one attached hydrogen (secondary N) is 1. The molecule has 4 heterocycles. The quantitative estimate of drug-likeness (QED) is 0.0929. The SMILES string of the molecule is CCCCCCn1nnnc1SCC1=C(C(=O)O)N2C(=O)C(NC(=O)C(=NOC(C)C)c3csc(N)n3)[C@H]2SC1. The Morgan fingerprint density at radius 3 is 2.83 bits per heavy atom. The number of amides is 2. The van der Waals surface area contributed by atoms with Crippen LogP contribution in [-0.2, 0) is 25.8 Å². The zero-order valence-electron chi connectivity index (χ0n) is 22.3. The first kappa shape index (κ1) is 29.8. The first-order valence-corrected chi connectivity index (χ1v) is 15.7. The molecule has 0 bridgehead atoms. The van der Waals surface area contributed by atoms with Gasteiger partial charge in [0, 0.05) is 23.4 Å². The van der Waals surface area contributed by atoms with Gasteiger partial charge in [-0.15, -0.1) is 28.2 Å². The standard InChI is InChI=1S/C23H31N9O5S3/c1-4-5-6-7-8-31-23(27-29-30-31)40-10-13-9-38-20-16(19(34)32(20)17(13)21(35)36)26-18(33)15(28-37-12(2)3)14-11-39-22(24)25-14/h11-12,16,20H,4-10H2,1-3H3,(H2,24,25)(H,26,33)(H,35,36)/t16?,20-/m1/s1. The number of aryl methyl sites for hydroxylation is 1. The second-order valence-corrected chi connectivity index (χ2v) is 12.3. The first-order chi connectivity index (χ1) is 19.2. The molecular weight excluding hydrogens is 579 g/mol. The lowest BCUT2D eigenvalue weighted by molar-refractivity contribution is -0.150. The molecule has 2 aliphatic rings. The highest BCUT2D eigenvalue weighted by molar-refractivity contribution is 8.01. The monoisotopic (exact) mass is 609 g/mol. The summed E-state index contributed by atoms with van der Waals surface area (Å²) in [6.45, 7) is 6.34. The van der Waals surface area contributed by atoms with Crippen molar-refractivity contribution >= 4 is 63.5 Å². The van der Waals surface area contributed by atoms with E-state index < -0.39 is 29.2 Å². The number of nitrogens with zero attached hydrogens (tertiary/aromatic N) is 7. The highest BCUT2D eigenvalue weighted by Crippen LogP contribution is 2.41. The summed E-state index contributed by atoms with van der Waals surface area (Å²) in [6.07, 6.45) is 4.01. The van der Waals surface area contributed by atoms with Crippen molar-refractivity contribution in [3.8, 4) is 0 Å². The molecule has 2 amide bonds. The molecule has 0 radical (unpaired) electrons. The second-order valence-electron chi connectivity index (χ2n) is 9.32. The van der Waals surface area contributed by atoms with E-state index in [2.05, 4.69) is 37.9 Å². The van der Waals surface area contributed by atoms with E-state index >= 15 is 0 Å². The van der Waals surface area contributed by atoms with Crippen LogP contribution in [0.2, 0.25) is 0 Å². The third kappa shape index (κ3) is 6.75. The molecule has 17 heteroatoms. The minimum absolute atomic E-state index is 0.0713. The Morgan fingerprint density at radius 2 is 2.15 bits per heavy atom. The Morgan fingerprint density at radius 1 is 1.35 bits per heavy atom. The number of aliphatic carboxylic acids is 1. The third-order valence-electron chi connectivity index (χ3n) is 5.97. The number of carbonyl (C=O) groups excluding carboxylic acids is 2. The van der Waals surface area contributed by atoms with E-state index in [1.54, 1.807) is 23.9 Å². The van der Waals surface area contributed by atoms with Gasteiger partial charge in [0.15, 0.2) is 10.8 Å². The van der Waals surface area contributed by atoms with Gasteiger partial charge >= 0.3 is 5.97 Å². The molecule has 14 nitrogen and oxygen atoms in total. The Bertz CT molecular complexity index is 1310. The molecule has 4 N–H and O–H groups in total. The molecule has 0 saturated carbocycles. The molecule has 2 aromatic heterocycles. The number of thioether (sulfide) groups is 2. The van der Waals surface area contributed by atoms with Crippen LogP contribution >= 0.6 is 34.9 Å². The molecule has 0 spiro atoms. The van der Waals surface area contributed by atoms with Crippen molar-refractivity contribution in [2.75, 3.05) is 17.2 Å². The number of carboxylic acids is 1. The molecule has 40 heavy (non-hydrogen) atoms. The summed E-state index contributed by atoms with van der Waals surface area (Å²) >= 11 is 3.85. The van der Waals surface area contributed by atoms with Gasteiger partial charge in [-0.25, -0.2) is 14.5 Å². The van der Waals surface area contributed by atoms with E-state index in [-0.39, 0.29) is 28.3 Å². The molecular formula is C23H31N9O5S3. The molecule has 1 fully saturated rings. The van der Waals surface area contributed by atoms with Crippen molar-refractivity contribution in [1.29, 1.82) is 0 Å². The van der Waals surface area contributed by atoms with Crippen molar-refractivity contribution in [3.05, 3.63) is 22.3 Å². The summed E-state index contributed by atoms with van der Waals surface area (Å²) in [5, 5.41) is 30.3. The van der Waals surface area contributed by atoms with Crippen molar-refractivity contribution < 1.29 is 24.3 Å². The van der Waals surface area contributed by atoms with Gasteiger partial charge in [0.05, 0.1) is 0 Å². The van der Waals surface area contributed by atoms with Gasteiger partial charge in [-0.3, -0.25) is 14.5 Å². The number of hydrogen-bond acceptors (Lipinski definition) is 13. The van der Waals surface area contributed by atoms with Crippen molar-refractivity contribution in [2.24, 2.45) is 5.16 Å². The number of unbranched alkanes of at least 4 members (excludes halogenated alkanes) is 3. The fourth-order valence-corrected chi connectivity index (χ4v) is 6.98. The van der Waals surface area contributed by atoms with Crippen LogP contribution in [0.3, 0.4) is 0 Å². The van der Waals surface area contributed by atoms with E-state index in [0.717, 1.165) is 37.0 Å². The maximum absolute atomic E-state index is 13.1. The van der Waals surface area contributed by atoms with Crippen LogP contribution in [0.25, 0.3) is 0 Å². The van der Waals surface area contributed by atoms with E-state index in [0.29, 0.717) is 28.8 Å². The van der Waals surface area contributed by atoms with Crippen LogP contribution in [0, 0.1) is 0 Å². The van der Waals surface area contributed by atoms with E-state index in [4.69, 9.17) is 10.6 Å². The highest BCUT2D eigenvalue weighted by Gasteiger charge is 2.54. The number of thiazole rings is 1. The molecule has 0 aliphatic carbocycles. The van der Waals surface area contributed by atoms with Gasteiger partial charge in [-0.05, 0) is 36.3 Å². The average molecular weight is 610 g/mol. The fourth-order valence-electron chi connectivity index (χ4n) is 4.04. The molecule has 0 aromatic carbocycles. The molecule has 1 saturated heterocycles. The largest absolute Gasteiger partial charge is 0.477 e. The number of carbonyl (C=O) groups is 3. The first-order valence-electron chi connectivity index (χ1n) is 12.8.